The topological polar surface area (TPSA) is 55.4 Å². The zero-order valence-corrected chi connectivity index (χ0v) is 11.5. The minimum Gasteiger partial charge on any atom is -0.381 e. The fourth-order valence-electron chi connectivity index (χ4n) is 1.48. The second-order valence-electron chi connectivity index (χ2n) is 4.08. The molecule has 5 heteroatoms. The summed E-state index contributed by atoms with van der Waals surface area (Å²) in [4.78, 5) is 0.306. The molecule has 1 unspecified atom stereocenters. The first-order chi connectivity index (χ1) is 8.45. The molecule has 0 aliphatic carbocycles. The van der Waals surface area contributed by atoms with Gasteiger partial charge in [0, 0.05) is 12.8 Å². The highest BCUT2D eigenvalue weighted by Gasteiger charge is 2.12. The molecule has 1 atom stereocenters. The predicted molar refractivity (Wildman–Crippen MR) is 73.7 cm³/mol. The Morgan fingerprint density at radius 1 is 1.44 bits per heavy atom. The lowest BCUT2D eigenvalue weighted by Crippen LogP contribution is -2.20. The lowest BCUT2D eigenvalue weighted by molar-refractivity contribution is 0.0979. The lowest BCUT2D eigenvalue weighted by Gasteiger charge is -2.15. The van der Waals surface area contributed by atoms with Crippen LogP contribution in [0.5, 0.6) is 0 Å². The molecule has 0 spiro atoms. The van der Waals surface area contributed by atoms with E-state index in [2.05, 4.69) is 11.9 Å². The molecule has 1 aromatic carbocycles. The molecule has 100 valence electrons. The number of benzene rings is 1. The van der Waals surface area contributed by atoms with E-state index in [0.29, 0.717) is 23.7 Å². The van der Waals surface area contributed by atoms with Crippen molar-refractivity contribution in [2.75, 3.05) is 24.7 Å². The molecule has 0 fully saturated rings. The summed E-state index contributed by atoms with van der Waals surface area (Å²) in [5.74, 6) is 0. The smallest absolute Gasteiger partial charge is 0.177 e. The Bertz CT molecular complexity index is 497. The number of ether oxygens (including phenoxy) is 1. The molecule has 4 nitrogen and oxygen atoms in total. The standard InChI is InChI=1S/C13H19NO3S/c1-4-9-17-11(2)10-14-12-7-5-6-8-13(12)18(3,15)16/h4-8,11,14H,1,9-10H2,2-3H3. The highest BCUT2D eigenvalue weighted by Crippen LogP contribution is 2.20. The first kappa shape index (κ1) is 14.7. The lowest BCUT2D eigenvalue weighted by atomic mass is 10.3. The van der Waals surface area contributed by atoms with Crippen molar-refractivity contribution >= 4 is 15.5 Å². The van der Waals surface area contributed by atoms with Gasteiger partial charge >= 0.3 is 0 Å². The van der Waals surface area contributed by atoms with Gasteiger partial charge in [0.05, 0.1) is 23.3 Å². The zero-order valence-electron chi connectivity index (χ0n) is 10.7. The van der Waals surface area contributed by atoms with E-state index in [1.54, 1.807) is 30.3 Å². The minimum atomic E-state index is -3.22. The molecule has 1 N–H and O–H groups in total. The van der Waals surface area contributed by atoms with E-state index in [-0.39, 0.29) is 6.10 Å². The van der Waals surface area contributed by atoms with Crippen molar-refractivity contribution < 1.29 is 13.2 Å². The van der Waals surface area contributed by atoms with Crippen LogP contribution in [0.4, 0.5) is 5.69 Å². The fraction of sp³-hybridized carbons (Fsp3) is 0.385. The molecule has 18 heavy (non-hydrogen) atoms. The van der Waals surface area contributed by atoms with Gasteiger partial charge in [-0.1, -0.05) is 18.2 Å². The van der Waals surface area contributed by atoms with Gasteiger partial charge in [-0.15, -0.1) is 6.58 Å². The van der Waals surface area contributed by atoms with Crippen LogP contribution in [0.1, 0.15) is 6.92 Å². The quantitative estimate of drug-likeness (QED) is 0.770. The number of rotatable bonds is 7. The molecule has 0 aliphatic heterocycles. The number of anilines is 1. The second kappa shape index (κ2) is 6.56. The van der Waals surface area contributed by atoms with Gasteiger partial charge in [-0.05, 0) is 19.1 Å². The van der Waals surface area contributed by atoms with E-state index in [4.69, 9.17) is 4.74 Å². The average Bonchev–Trinajstić information content (AvgIpc) is 2.33. The minimum absolute atomic E-state index is 0.0179. The Kier molecular flexibility index (Phi) is 5.37. The van der Waals surface area contributed by atoms with Crippen LogP contribution in [0.2, 0.25) is 0 Å². The van der Waals surface area contributed by atoms with Crippen LogP contribution in [0.3, 0.4) is 0 Å². The summed E-state index contributed by atoms with van der Waals surface area (Å²) >= 11 is 0. The highest BCUT2D eigenvalue weighted by atomic mass is 32.2. The van der Waals surface area contributed by atoms with Crippen molar-refractivity contribution in [3.63, 3.8) is 0 Å². The molecule has 0 saturated carbocycles. The molecule has 0 radical (unpaired) electrons. The molecule has 1 rings (SSSR count). The van der Waals surface area contributed by atoms with E-state index in [1.165, 1.54) is 6.26 Å². The van der Waals surface area contributed by atoms with Crippen LogP contribution in [-0.2, 0) is 14.6 Å². The van der Waals surface area contributed by atoms with Crippen molar-refractivity contribution in [3.05, 3.63) is 36.9 Å². The monoisotopic (exact) mass is 269 g/mol. The zero-order chi connectivity index (χ0) is 13.6. The third-order valence-corrected chi connectivity index (χ3v) is 3.52. The summed E-state index contributed by atoms with van der Waals surface area (Å²) in [7, 11) is -3.22. The Morgan fingerprint density at radius 2 is 2.11 bits per heavy atom. The van der Waals surface area contributed by atoms with E-state index < -0.39 is 9.84 Å². The number of hydrogen-bond donors (Lipinski definition) is 1. The number of sulfone groups is 1. The van der Waals surface area contributed by atoms with Crippen molar-refractivity contribution in [3.8, 4) is 0 Å². The van der Waals surface area contributed by atoms with Gasteiger partial charge < -0.3 is 10.1 Å². The summed E-state index contributed by atoms with van der Waals surface area (Å²) in [6.07, 6.45) is 2.86. The average molecular weight is 269 g/mol. The van der Waals surface area contributed by atoms with Crippen LogP contribution in [-0.4, -0.2) is 33.9 Å². The van der Waals surface area contributed by atoms with E-state index in [1.807, 2.05) is 6.92 Å². The highest BCUT2D eigenvalue weighted by molar-refractivity contribution is 7.90. The van der Waals surface area contributed by atoms with Gasteiger partial charge in [0.25, 0.3) is 0 Å². The molecule has 0 aliphatic rings. The Morgan fingerprint density at radius 3 is 2.72 bits per heavy atom. The largest absolute Gasteiger partial charge is 0.381 e. The normalized spacial score (nSPS) is 13.0. The van der Waals surface area contributed by atoms with Crippen LogP contribution in [0.15, 0.2) is 41.8 Å². The summed E-state index contributed by atoms with van der Waals surface area (Å²) < 4.78 is 28.6. The molecular weight excluding hydrogens is 250 g/mol. The molecule has 0 heterocycles. The van der Waals surface area contributed by atoms with Gasteiger partial charge in [-0.3, -0.25) is 0 Å². The van der Waals surface area contributed by atoms with Crippen molar-refractivity contribution in [1.29, 1.82) is 0 Å². The Balaban J connectivity index is 2.71. The molecule has 0 saturated heterocycles. The predicted octanol–water partition coefficient (Wildman–Crippen LogP) is 2.09. The molecular formula is C13H19NO3S. The summed E-state index contributed by atoms with van der Waals surface area (Å²) in [6, 6.07) is 6.84. The van der Waals surface area contributed by atoms with Gasteiger partial charge in [0.2, 0.25) is 0 Å². The third-order valence-electron chi connectivity index (χ3n) is 2.37. The van der Waals surface area contributed by atoms with E-state index >= 15 is 0 Å². The molecule has 0 bridgehead atoms. The fourth-order valence-corrected chi connectivity index (χ4v) is 2.35. The number of hydrogen-bond acceptors (Lipinski definition) is 4. The van der Waals surface area contributed by atoms with Gasteiger partial charge in [0.1, 0.15) is 0 Å². The van der Waals surface area contributed by atoms with E-state index in [0.717, 1.165) is 0 Å². The van der Waals surface area contributed by atoms with Crippen LogP contribution in [0, 0.1) is 0 Å². The summed E-state index contributed by atoms with van der Waals surface area (Å²) in [6.45, 7) is 6.51. The maximum Gasteiger partial charge on any atom is 0.177 e. The molecule has 0 amide bonds. The van der Waals surface area contributed by atoms with Crippen molar-refractivity contribution in [1.82, 2.24) is 0 Å². The number of nitrogens with one attached hydrogen (secondary N) is 1. The Labute approximate surface area is 109 Å². The third kappa shape index (κ3) is 4.50. The maximum absolute atomic E-state index is 11.6. The first-order valence-corrected chi connectivity index (χ1v) is 7.59. The SMILES string of the molecule is C=CCOC(C)CNc1ccccc1S(C)(=O)=O. The van der Waals surface area contributed by atoms with E-state index in [9.17, 15) is 8.42 Å². The van der Waals surface area contributed by atoms with Crippen LogP contribution >= 0.6 is 0 Å². The summed E-state index contributed by atoms with van der Waals surface area (Å²) in [5, 5.41) is 3.09. The summed E-state index contributed by atoms with van der Waals surface area (Å²) in [5.41, 5.74) is 0.606. The molecule has 1 aromatic rings. The Hall–Kier alpha value is -1.33. The van der Waals surface area contributed by atoms with Crippen LogP contribution < -0.4 is 5.32 Å². The first-order valence-electron chi connectivity index (χ1n) is 5.70. The maximum atomic E-state index is 11.6. The van der Waals surface area contributed by atoms with Gasteiger partial charge in [-0.2, -0.15) is 0 Å². The van der Waals surface area contributed by atoms with Crippen molar-refractivity contribution in [2.45, 2.75) is 17.9 Å². The van der Waals surface area contributed by atoms with Gasteiger partial charge in [0.15, 0.2) is 9.84 Å². The second-order valence-corrected chi connectivity index (χ2v) is 6.07. The van der Waals surface area contributed by atoms with Crippen LogP contribution in [0.25, 0.3) is 0 Å². The van der Waals surface area contributed by atoms with Crippen molar-refractivity contribution in [2.24, 2.45) is 0 Å². The number of para-hydroxylation sites is 1. The molecule has 0 aromatic heterocycles. The van der Waals surface area contributed by atoms with Gasteiger partial charge in [-0.25, -0.2) is 8.42 Å².